The molecule has 2 aromatic rings. The largest absolute Gasteiger partial charge is 0.484 e. The Kier molecular flexibility index (Phi) is 4.12. The molecule has 0 saturated carbocycles. The number of rotatable bonds is 4. The fourth-order valence-electron chi connectivity index (χ4n) is 1.76. The Labute approximate surface area is 120 Å². The van der Waals surface area contributed by atoms with Crippen LogP contribution in [0, 0.1) is 0 Å². The van der Waals surface area contributed by atoms with E-state index in [1.165, 1.54) is 5.56 Å². The van der Waals surface area contributed by atoms with E-state index < -0.39 is 0 Å². The number of ether oxygens (including phenoxy) is 1. The summed E-state index contributed by atoms with van der Waals surface area (Å²) in [6, 6.07) is 8.12. The van der Waals surface area contributed by atoms with Gasteiger partial charge in [0.15, 0.2) is 12.4 Å². The van der Waals surface area contributed by atoms with Crippen LogP contribution in [0.3, 0.4) is 0 Å². The predicted molar refractivity (Wildman–Crippen MR) is 77.9 cm³/mol. The van der Waals surface area contributed by atoms with Crippen LogP contribution in [0.15, 0.2) is 28.8 Å². The maximum atomic E-state index is 5.66. The molecule has 0 unspecified atom stereocenters. The van der Waals surface area contributed by atoms with Crippen molar-refractivity contribution < 1.29 is 9.26 Å². The molecule has 0 aliphatic carbocycles. The predicted octanol–water partition coefficient (Wildman–Crippen LogP) is 4.07. The molecule has 1 heterocycles. The number of hydrogen-bond donors (Lipinski definition) is 0. The maximum Gasteiger partial charge on any atom is 0.264 e. The summed E-state index contributed by atoms with van der Waals surface area (Å²) in [6.07, 6.45) is 0. The highest BCUT2D eigenvalue weighted by atomic mass is 16.5. The van der Waals surface area contributed by atoms with Gasteiger partial charge in [0.05, 0.1) is 0 Å². The minimum Gasteiger partial charge on any atom is -0.484 e. The maximum absolute atomic E-state index is 5.66. The van der Waals surface area contributed by atoms with Crippen LogP contribution in [0.2, 0.25) is 0 Å². The van der Waals surface area contributed by atoms with Crippen molar-refractivity contribution in [1.82, 2.24) is 10.1 Å². The van der Waals surface area contributed by atoms with Gasteiger partial charge >= 0.3 is 0 Å². The van der Waals surface area contributed by atoms with Gasteiger partial charge in [-0.25, -0.2) is 0 Å². The zero-order chi connectivity index (χ0) is 14.8. The average Bonchev–Trinajstić information content (AvgIpc) is 2.85. The first kappa shape index (κ1) is 14.6. The molecule has 4 nitrogen and oxygen atoms in total. The van der Waals surface area contributed by atoms with Gasteiger partial charge in [0.2, 0.25) is 0 Å². The number of benzene rings is 1. The van der Waals surface area contributed by atoms with Crippen LogP contribution in [0.1, 0.15) is 57.8 Å². The molecule has 0 fully saturated rings. The van der Waals surface area contributed by atoms with Gasteiger partial charge in [0.1, 0.15) is 5.75 Å². The quantitative estimate of drug-likeness (QED) is 0.843. The zero-order valence-electron chi connectivity index (χ0n) is 12.8. The van der Waals surface area contributed by atoms with Crippen molar-refractivity contribution in [3.05, 3.63) is 41.5 Å². The highest BCUT2D eigenvalue weighted by Crippen LogP contribution is 2.24. The molecule has 0 aliphatic rings. The first-order valence-electron chi connectivity index (χ1n) is 6.92. The van der Waals surface area contributed by atoms with Crippen LogP contribution in [0.4, 0.5) is 0 Å². The van der Waals surface area contributed by atoms with E-state index in [-0.39, 0.29) is 11.3 Å². The first-order chi connectivity index (χ1) is 9.36. The molecule has 0 saturated heterocycles. The van der Waals surface area contributed by atoms with Crippen molar-refractivity contribution >= 4 is 0 Å². The van der Waals surface area contributed by atoms with E-state index in [4.69, 9.17) is 9.26 Å². The first-order valence-corrected chi connectivity index (χ1v) is 6.92. The highest BCUT2D eigenvalue weighted by Gasteiger charge is 2.13. The number of nitrogens with zero attached hydrogens (tertiary/aromatic N) is 2. The van der Waals surface area contributed by atoms with Gasteiger partial charge in [-0.15, -0.1) is 0 Å². The second kappa shape index (κ2) is 5.65. The van der Waals surface area contributed by atoms with E-state index >= 15 is 0 Å². The van der Waals surface area contributed by atoms with Crippen LogP contribution < -0.4 is 4.74 Å². The van der Waals surface area contributed by atoms with E-state index in [2.05, 4.69) is 43.0 Å². The summed E-state index contributed by atoms with van der Waals surface area (Å²) in [6.45, 7) is 10.9. The standard InChI is InChI=1S/C16H22N2O2/c1-11(2)15-17-14(20-18-15)10-19-13-8-6-12(7-9-13)16(3,4)5/h6-9,11H,10H2,1-5H3. The van der Waals surface area contributed by atoms with Gasteiger partial charge in [0.25, 0.3) is 5.89 Å². The summed E-state index contributed by atoms with van der Waals surface area (Å²) >= 11 is 0. The molecule has 0 atom stereocenters. The molecular formula is C16H22N2O2. The van der Waals surface area contributed by atoms with Crippen molar-refractivity contribution in [3.63, 3.8) is 0 Å². The Balaban J connectivity index is 1.97. The minimum absolute atomic E-state index is 0.150. The number of hydrogen-bond acceptors (Lipinski definition) is 4. The van der Waals surface area contributed by atoms with Crippen LogP contribution in [0.25, 0.3) is 0 Å². The monoisotopic (exact) mass is 274 g/mol. The Morgan fingerprint density at radius 1 is 1.15 bits per heavy atom. The van der Waals surface area contributed by atoms with Crippen LogP contribution in [0.5, 0.6) is 5.75 Å². The molecule has 1 aromatic heterocycles. The summed E-state index contributed by atoms with van der Waals surface area (Å²) in [7, 11) is 0. The second-order valence-corrected chi connectivity index (χ2v) is 6.26. The summed E-state index contributed by atoms with van der Waals surface area (Å²) in [5, 5.41) is 3.91. The molecule has 0 N–H and O–H groups in total. The Morgan fingerprint density at radius 2 is 1.80 bits per heavy atom. The SMILES string of the molecule is CC(C)c1noc(COc2ccc(C(C)(C)C)cc2)n1. The van der Waals surface area contributed by atoms with Crippen LogP contribution in [-0.4, -0.2) is 10.1 Å². The van der Waals surface area contributed by atoms with Crippen molar-refractivity contribution in [2.45, 2.75) is 52.6 Å². The fourth-order valence-corrected chi connectivity index (χ4v) is 1.76. The van der Waals surface area contributed by atoms with Crippen molar-refractivity contribution in [1.29, 1.82) is 0 Å². The third kappa shape index (κ3) is 3.59. The topological polar surface area (TPSA) is 48.2 Å². The molecule has 1 aromatic carbocycles. The number of aromatic nitrogens is 2. The van der Waals surface area contributed by atoms with Crippen molar-refractivity contribution in [2.75, 3.05) is 0 Å². The molecule has 0 aliphatic heterocycles. The highest BCUT2D eigenvalue weighted by molar-refractivity contribution is 5.31. The van der Waals surface area contributed by atoms with Gasteiger partial charge in [0, 0.05) is 5.92 Å². The molecule has 0 bridgehead atoms. The van der Waals surface area contributed by atoms with Crippen LogP contribution in [-0.2, 0) is 12.0 Å². The molecule has 0 amide bonds. The normalized spacial score (nSPS) is 11.9. The lowest BCUT2D eigenvalue weighted by molar-refractivity contribution is 0.242. The summed E-state index contributed by atoms with van der Waals surface area (Å²) in [5.74, 6) is 2.29. The molecule has 108 valence electrons. The molecule has 20 heavy (non-hydrogen) atoms. The van der Waals surface area contributed by atoms with E-state index in [9.17, 15) is 0 Å². The third-order valence-electron chi connectivity index (χ3n) is 3.08. The summed E-state index contributed by atoms with van der Waals surface area (Å²) < 4.78 is 10.8. The lowest BCUT2D eigenvalue weighted by Crippen LogP contribution is -2.10. The van der Waals surface area contributed by atoms with Crippen molar-refractivity contribution in [3.8, 4) is 5.75 Å². The van der Waals surface area contributed by atoms with Gasteiger partial charge < -0.3 is 9.26 Å². The van der Waals surface area contributed by atoms with E-state index in [1.54, 1.807) is 0 Å². The van der Waals surface area contributed by atoms with Crippen molar-refractivity contribution in [2.24, 2.45) is 0 Å². The van der Waals surface area contributed by atoms with Crippen LogP contribution >= 0.6 is 0 Å². The second-order valence-electron chi connectivity index (χ2n) is 6.26. The van der Waals surface area contributed by atoms with E-state index in [1.807, 2.05) is 26.0 Å². The Morgan fingerprint density at radius 3 is 2.30 bits per heavy atom. The summed E-state index contributed by atoms with van der Waals surface area (Å²) in [4.78, 5) is 4.28. The minimum atomic E-state index is 0.150. The van der Waals surface area contributed by atoms with E-state index in [0.29, 0.717) is 18.3 Å². The molecule has 0 radical (unpaired) electrons. The lowest BCUT2D eigenvalue weighted by Gasteiger charge is -2.19. The average molecular weight is 274 g/mol. The zero-order valence-corrected chi connectivity index (χ0v) is 12.8. The Hall–Kier alpha value is -1.84. The Bertz CT molecular complexity index is 551. The lowest BCUT2D eigenvalue weighted by atomic mass is 9.87. The third-order valence-corrected chi connectivity index (χ3v) is 3.08. The van der Waals surface area contributed by atoms with Gasteiger partial charge in [-0.05, 0) is 23.1 Å². The molecule has 0 spiro atoms. The van der Waals surface area contributed by atoms with E-state index in [0.717, 1.165) is 5.75 Å². The molecular weight excluding hydrogens is 252 g/mol. The van der Waals surface area contributed by atoms with Gasteiger partial charge in [-0.2, -0.15) is 4.98 Å². The van der Waals surface area contributed by atoms with Gasteiger partial charge in [-0.3, -0.25) is 0 Å². The van der Waals surface area contributed by atoms with Gasteiger partial charge in [-0.1, -0.05) is 51.9 Å². The molecule has 2 rings (SSSR count). The summed E-state index contributed by atoms with van der Waals surface area (Å²) in [5.41, 5.74) is 1.43. The smallest absolute Gasteiger partial charge is 0.264 e. The fraction of sp³-hybridized carbons (Fsp3) is 0.500. The molecule has 4 heteroatoms.